The van der Waals surface area contributed by atoms with Gasteiger partial charge in [0.15, 0.2) is 11.5 Å². The van der Waals surface area contributed by atoms with E-state index in [0.29, 0.717) is 11.2 Å². The van der Waals surface area contributed by atoms with E-state index in [1.807, 2.05) is 0 Å². The van der Waals surface area contributed by atoms with Crippen molar-refractivity contribution in [2.24, 2.45) is 11.3 Å². The minimum absolute atomic E-state index is 0.0379. The number of anilines is 2. The molecule has 0 unspecified atom stereocenters. The van der Waals surface area contributed by atoms with Crippen molar-refractivity contribution >= 4 is 23.4 Å². The average Bonchev–Trinajstić information content (AvgIpc) is 3.04. The minimum atomic E-state index is -4.53. The highest BCUT2D eigenvalue weighted by atomic mass is 32.2. The Morgan fingerprint density at radius 2 is 1.97 bits per heavy atom. The molecule has 2 aromatic rings. The van der Waals surface area contributed by atoms with Crippen LogP contribution in [0.1, 0.15) is 44.7 Å². The predicted octanol–water partition coefficient (Wildman–Crippen LogP) is 5.03. The molecule has 2 fully saturated rings. The Morgan fingerprint density at radius 1 is 1.21 bits per heavy atom. The number of hydrogen-bond donors (Lipinski definition) is 1. The Kier molecular flexibility index (Phi) is 5.35. The molecule has 0 radical (unpaired) electrons. The summed E-state index contributed by atoms with van der Waals surface area (Å²) < 4.78 is 39.5. The lowest BCUT2D eigenvalue weighted by molar-refractivity contribution is -0.143. The first-order valence-electron chi connectivity index (χ1n) is 9.83. The van der Waals surface area contributed by atoms with Crippen LogP contribution in [0, 0.1) is 11.3 Å². The highest BCUT2D eigenvalue weighted by molar-refractivity contribution is 7.99. The van der Waals surface area contributed by atoms with E-state index >= 15 is 0 Å². The molecule has 1 aliphatic heterocycles. The molecule has 156 valence electrons. The Hall–Kier alpha value is -2.03. The van der Waals surface area contributed by atoms with Gasteiger partial charge in [0.25, 0.3) is 0 Å². The minimum Gasteiger partial charge on any atom is -0.381 e. The number of rotatable bonds is 3. The van der Waals surface area contributed by atoms with Gasteiger partial charge in [0.05, 0.1) is 6.20 Å². The van der Waals surface area contributed by atoms with Crippen LogP contribution in [0.5, 0.6) is 0 Å². The van der Waals surface area contributed by atoms with E-state index in [0.717, 1.165) is 49.8 Å². The summed E-state index contributed by atoms with van der Waals surface area (Å²) in [5.41, 5.74) is 5.58. The van der Waals surface area contributed by atoms with Gasteiger partial charge in [0.1, 0.15) is 10.8 Å². The van der Waals surface area contributed by atoms with Gasteiger partial charge < -0.3 is 10.6 Å². The average molecular weight is 424 g/mol. The summed E-state index contributed by atoms with van der Waals surface area (Å²) in [5, 5.41) is 0.255. The summed E-state index contributed by atoms with van der Waals surface area (Å²) in [4.78, 5) is 14.3. The number of nitrogen functional groups attached to an aromatic ring is 1. The predicted molar refractivity (Wildman–Crippen MR) is 107 cm³/mol. The fraction of sp³-hybridized carbons (Fsp3) is 0.550. The van der Waals surface area contributed by atoms with E-state index in [1.165, 1.54) is 31.4 Å². The Labute approximate surface area is 172 Å². The molecule has 5 nitrogen and oxygen atoms in total. The smallest absolute Gasteiger partial charge is 0.381 e. The maximum Gasteiger partial charge on any atom is 0.434 e. The van der Waals surface area contributed by atoms with Gasteiger partial charge in [-0.2, -0.15) is 13.2 Å². The number of piperidine rings is 1. The molecular formula is C20H24F3N5S. The van der Waals surface area contributed by atoms with Crippen molar-refractivity contribution in [3.8, 4) is 0 Å². The summed E-state index contributed by atoms with van der Waals surface area (Å²) in [6.07, 6.45) is 4.39. The van der Waals surface area contributed by atoms with Crippen LogP contribution in [0.2, 0.25) is 0 Å². The van der Waals surface area contributed by atoms with Crippen LogP contribution in [0.15, 0.2) is 34.4 Å². The maximum atomic E-state index is 13.2. The third-order valence-electron chi connectivity index (χ3n) is 6.09. The lowest BCUT2D eigenvalue weighted by atomic mass is 9.76. The molecule has 1 aliphatic carbocycles. The van der Waals surface area contributed by atoms with Crippen molar-refractivity contribution in [2.75, 3.05) is 23.7 Å². The zero-order valence-electron chi connectivity index (χ0n) is 16.2. The van der Waals surface area contributed by atoms with E-state index in [1.54, 1.807) is 6.20 Å². The van der Waals surface area contributed by atoms with Gasteiger partial charge in [-0.15, -0.1) is 0 Å². The van der Waals surface area contributed by atoms with Crippen molar-refractivity contribution in [1.29, 1.82) is 0 Å². The van der Waals surface area contributed by atoms with Crippen LogP contribution in [-0.2, 0) is 6.18 Å². The molecule has 2 N–H and O–H groups in total. The molecule has 2 aliphatic rings. The first-order valence-corrected chi connectivity index (χ1v) is 10.6. The molecule has 1 spiro atoms. The van der Waals surface area contributed by atoms with Gasteiger partial charge in [-0.05, 0) is 49.1 Å². The monoisotopic (exact) mass is 423 g/mol. The van der Waals surface area contributed by atoms with Crippen LogP contribution in [0.4, 0.5) is 24.8 Å². The molecule has 2 aromatic heterocycles. The molecule has 3 heterocycles. The lowest BCUT2D eigenvalue weighted by Gasteiger charge is -2.40. The third-order valence-corrected chi connectivity index (χ3v) is 7.15. The van der Waals surface area contributed by atoms with Crippen LogP contribution in [0.3, 0.4) is 0 Å². The normalized spacial score (nSPS) is 21.7. The largest absolute Gasteiger partial charge is 0.434 e. The fourth-order valence-electron chi connectivity index (χ4n) is 4.56. The molecular weight excluding hydrogens is 399 g/mol. The van der Waals surface area contributed by atoms with Crippen LogP contribution in [0.25, 0.3) is 0 Å². The number of alkyl halides is 3. The number of pyridine rings is 1. The van der Waals surface area contributed by atoms with E-state index in [9.17, 15) is 13.2 Å². The van der Waals surface area contributed by atoms with E-state index < -0.39 is 11.9 Å². The molecule has 29 heavy (non-hydrogen) atoms. The second-order valence-corrected chi connectivity index (χ2v) is 9.23. The Bertz CT molecular complexity index is 881. The molecule has 9 heteroatoms. The van der Waals surface area contributed by atoms with E-state index in [-0.39, 0.29) is 15.7 Å². The number of halogens is 3. The van der Waals surface area contributed by atoms with E-state index in [2.05, 4.69) is 26.8 Å². The standard InChI is InChI=1S/C20H24F3N5S/c1-13-4-5-19(11-13)6-9-28(10-7-19)15-12-26-18(17(24)27-15)29-14-3-2-8-25-16(14)20(21,22)23/h2-3,8,12-13H,4-7,9-11H2,1H3,(H2,24,27)/t13-/m1/s1. The Balaban J connectivity index is 1.47. The van der Waals surface area contributed by atoms with Gasteiger partial charge in [-0.3, -0.25) is 4.98 Å². The maximum absolute atomic E-state index is 13.2. The number of nitrogens with zero attached hydrogens (tertiary/aromatic N) is 4. The molecule has 0 bridgehead atoms. The van der Waals surface area contributed by atoms with Gasteiger partial charge in [-0.1, -0.05) is 25.1 Å². The topological polar surface area (TPSA) is 67.9 Å². The van der Waals surface area contributed by atoms with Crippen molar-refractivity contribution in [3.63, 3.8) is 0 Å². The SMILES string of the molecule is C[C@@H]1CCC2(CCN(c3cnc(Sc4cccnc4C(F)(F)F)c(N)n3)CC2)C1. The Morgan fingerprint density at radius 3 is 2.59 bits per heavy atom. The third kappa shape index (κ3) is 4.29. The number of aromatic nitrogens is 3. The zero-order chi connectivity index (χ0) is 20.6. The molecule has 1 saturated carbocycles. The summed E-state index contributed by atoms with van der Waals surface area (Å²) in [7, 11) is 0. The lowest BCUT2D eigenvalue weighted by Crippen LogP contribution is -2.39. The van der Waals surface area contributed by atoms with Gasteiger partial charge in [-0.25, -0.2) is 9.97 Å². The van der Waals surface area contributed by atoms with Gasteiger partial charge in [0, 0.05) is 24.2 Å². The van der Waals surface area contributed by atoms with Crippen molar-refractivity contribution in [3.05, 3.63) is 30.2 Å². The highest BCUT2D eigenvalue weighted by Gasteiger charge is 2.40. The van der Waals surface area contributed by atoms with Gasteiger partial charge >= 0.3 is 6.18 Å². The molecule has 1 saturated heterocycles. The molecule has 0 amide bonds. The number of nitrogens with two attached hydrogens (primary N) is 1. The summed E-state index contributed by atoms with van der Waals surface area (Å²) in [5.74, 6) is 1.64. The van der Waals surface area contributed by atoms with Crippen molar-refractivity contribution < 1.29 is 13.2 Å². The zero-order valence-corrected chi connectivity index (χ0v) is 17.1. The first-order chi connectivity index (χ1) is 13.8. The summed E-state index contributed by atoms with van der Waals surface area (Å²) in [6.45, 7) is 4.15. The van der Waals surface area contributed by atoms with Crippen LogP contribution in [-0.4, -0.2) is 28.0 Å². The van der Waals surface area contributed by atoms with E-state index in [4.69, 9.17) is 5.73 Å². The first kappa shape index (κ1) is 20.3. The second kappa shape index (κ2) is 7.66. The molecule has 1 atom stereocenters. The van der Waals surface area contributed by atoms with Crippen LogP contribution >= 0.6 is 11.8 Å². The molecule has 0 aromatic carbocycles. The van der Waals surface area contributed by atoms with Gasteiger partial charge in [0.2, 0.25) is 0 Å². The van der Waals surface area contributed by atoms with Crippen molar-refractivity contribution in [1.82, 2.24) is 15.0 Å². The highest BCUT2D eigenvalue weighted by Crippen LogP contribution is 2.49. The molecule has 4 rings (SSSR count). The van der Waals surface area contributed by atoms with Crippen LogP contribution < -0.4 is 10.6 Å². The number of hydrogen-bond acceptors (Lipinski definition) is 6. The fourth-order valence-corrected chi connectivity index (χ4v) is 5.44. The summed E-state index contributed by atoms with van der Waals surface area (Å²) >= 11 is 0.839. The quantitative estimate of drug-likeness (QED) is 0.747. The van der Waals surface area contributed by atoms with Crippen molar-refractivity contribution in [2.45, 2.75) is 55.1 Å². The second-order valence-electron chi connectivity index (χ2n) is 8.20. The summed E-state index contributed by atoms with van der Waals surface area (Å²) in [6, 6.07) is 2.82.